The van der Waals surface area contributed by atoms with Crippen LogP contribution in [0.1, 0.15) is 5.56 Å². The Balaban J connectivity index is 1.15. The molecule has 0 radical (unpaired) electrons. The van der Waals surface area contributed by atoms with E-state index in [-0.39, 0.29) is 0 Å². The number of aromatic nitrogens is 1. The number of aryl methyl sites for hydroxylation is 1. The summed E-state index contributed by atoms with van der Waals surface area (Å²) >= 11 is 0. The SMILES string of the molecule is Cc1ccc2ccc(N(c3cccc(-c4ccccc4-c4ccc5c6ccccc6n(-c6ccccc6)c5c4)c3)c3cccc4ccccc34)cc2c1. The van der Waals surface area contributed by atoms with Crippen molar-refractivity contribution < 1.29 is 0 Å². The number of anilines is 3. The van der Waals surface area contributed by atoms with Gasteiger partial charge in [-0.25, -0.2) is 0 Å². The summed E-state index contributed by atoms with van der Waals surface area (Å²) in [5.74, 6) is 0. The van der Waals surface area contributed by atoms with Crippen LogP contribution in [0.25, 0.3) is 71.3 Å². The van der Waals surface area contributed by atoms with Crippen LogP contribution in [0.15, 0.2) is 200 Å². The van der Waals surface area contributed by atoms with Crippen molar-refractivity contribution in [3.8, 4) is 27.9 Å². The van der Waals surface area contributed by atoms with Crippen LogP contribution in [0.2, 0.25) is 0 Å². The van der Waals surface area contributed by atoms with Gasteiger partial charge in [-0.3, -0.25) is 0 Å². The van der Waals surface area contributed by atoms with Crippen LogP contribution in [-0.4, -0.2) is 4.57 Å². The van der Waals surface area contributed by atoms with E-state index in [1.165, 1.54) is 71.2 Å². The largest absolute Gasteiger partial charge is 0.310 e. The number of rotatable bonds is 6. The minimum atomic E-state index is 1.11. The van der Waals surface area contributed by atoms with Crippen molar-refractivity contribution in [1.29, 1.82) is 0 Å². The molecule has 0 fully saturated rings. The molecule has 0 N–H and O–H groups in total. The predicted molar refractivity (Wildman–Crippen MR) is 226 cm³/mol. The van der Waals surface area contributed by atoms with E-state index in [0.717, 1.165) is 22.7 Å². The third-order valence-corrected chi connectivity index (χ3v) is 10.6. The van der Waals surface area contributed by atoms with Gasteiger partial charge in [-0.2, -0.15) is 0 Å². The lowest BCUT2D eigenvalue weighted by Crippen LogP contribution is -2.10. The van der Waals surface area contributed by atoms with Gasteiger partial charge in [0, 0.05) is 33.2 Å². The molecule has 0 spiro atoms. The summed E-state index contributed by atoms with van der Waals surface area (Å²) in [7, 11) is 0. The quantitative estimate of drug-likeness (QED) is 0.170. The molecule has 0 bridgehead atoms. The second kappa shape index (κ2) is 12.7. The second-order valence-electron chi connectivity index (χ2n) is 13.9. The van der Waals surface area contributed by atoms with E-state index in [2.05, 4.69) is 217 Å². The van der Waals surface area contributed by atoms with Crippen LogP contribution < -0.4 is 4.90 Å². The summed E-state index contributed by atoms with van der Waals surface area (Å²) < 4.78 is 2.39. The molecule has 10 aromatic rings. The van der Waals surface area contributed by atoms with Gasteiger partial charge in [-0.15, -0.1) is 0 Å². The van der Waals surface area contributed by atoms with Crippen LogP contribution in [0, 0.1) is 6.92 Å². The monoisotopic (exact) mass is 676 g/mol. The fourth-order valence-electron chi connectivity index (χ4n) is 8.12. The lowest BCUT2D eigenvalue weighted by molar-refractivity contribution is 1.18. The fourth-order valence-corrected chi connectivity index (χ4v) is 8.12. The first-order chi connectivity index (χ1) is 26.2. The van der Waals surface area contributed by atoms with Gasteiger partial charge in [0.25, 0.3) is 0 Å². The van der Waals surface area contributed by atoms with E-state index >= 15 is 0 Å². The molecule has 2 heteroatoms. The van der Waals surface area contributed by atoms with Crippen LogP contribution in [0.4, 0.5) is 17.1 Å². The molecule has 0 aliphatic carbocycles. The topological polar surface area (TPSA) is 8.17 Å². The molecular formula is C51H36N2. The van der Waals surface area contributed by atoms with Gasteiger partial charge in [0.1, 0.15) is 0 Å². The minimum absolute atomic E-state index is 1.11. The van der Waals surface area contributed by atoms with Crippen molar-refractivity contribution in [2.75, 3.05) is 4.90 Å². The zero-order valence-corrected chi connectivity index (χ0v) is 29.4. The maximum Gasteiger partial charge on any atom is 0.0547 e. The first-order valence-corrected chi connectivity index (χ1v) is 18.3. The van der Waals surface area contributed by atoms with Crippen LogP contribution in [-0.2, 0) is 0 Å². The normalized spacial score (nSPS) is 11.5. The molecule has 1 heterocycles. The molecule has 0 aliphatic rings. The van der Waals surface area contributed by atoms with Crippen molar-refractivity contribution in [1.82, 2.24) is 4.57 Å². The average Bonchev–Trinajstić information content (AvgIpc) is 3.55. The molecule has 0 aliphatic heterocycles. The van der Waals surface area contributed by atoms with Crippen LogP contribution >= 0.6 is 0 Å². The van der Waals surface area contributed by atoms with Gasteiger partial charge in [-0.05, 0) is 99.9 Å². The molecule has 9 aromatic carbocycles. The molecule has 0 atom stereocenters. The standard InChI is InChI=1S/C51H36N2/c1-35-25-26-36-27-29-43(33-40(36)31-35)52(49-24-12-14-37-13-5-6-21-46(37)49)42-18-11-15-38(32-42)44-19-7-8-20-45(44)39-28-30-48-47-22-9-10-23-50(47)53(51(48)34-39)41-16-3-2-4-17-41/h2-34H,1H3. The highest BCUT2D eigenvalue weighted by Gasteiger charge is 2.19. The molecule has 0 saturated carbocycles. The van der Waals surface area contributed by atoms with E-state index in [1.54, 1.807) is 0 Å². The number of para-hydroxylation sites is 2. The van der Waals surface area contributed by atoms with E-state index in [1.807, 2.05) is 0 Å². The molecule has 10 rings (SSSR count). The van der Waals surface area contributed by atoms with Gasteiger partial charge < -0.3 is 9.47 Å². The Morgan fingerprint density at radius 2 is 1.04 bits per heavy atom. The summed E-state index contributed by atoms with van der Waals surface area (Å²) in [4.78, 5) is 2.42. The maximum atomic E-state index is 2.42. The zero-order valence-electron chi connectivity index (χ0n) is 29.4. The predicted octanol–water partition coefficient (Wildman–Crippen LogP) is 14.2. The Morgan fingerprint density at radius 1 is 0.377 bits per heavy atom. The second-order valence-corrected chi connectivity index (χ2v) is 13.9. The van der Waals surface area contributed by atoms with E-state index in [0.29, 0.717) is 0 Å². The van der Waals surface area contributed by atoms with Gasteiger partial charge in [-0.1, -0.05) is 151 Å². The van der Waals surface area contributed by atoms with Gasteiger partial charge in [0.05, 0.1) is 16.7 Å². The third kappa shape index (κ3) is 5.35. The summed E-state index contributed by atoms with van der Waals surface area (Å²) in [5, 5.41) is 7.42. The Morgan fingerprint density at radius 3 is 1.91 bits per heavy atom. The first-order valence-electron chi connectivity index (χ1n) is 18.3. The Labute approximate surface area is 309 Å². The average molecular weight is 677 g/mol. The van der Waals surface area contributed by atoms with Crippen molar-refractivity contribution in [2.24, 2.45) is 0 Å². The van der Waals surface area contributed by atoms with Gasteiger partial charge in [0.2, 0.25) is 0 Å². The molecule has 0 saturated heterocycles. The third-order valence-electron chi connectivity index (χ3n) is 10.6. The minimum Gasteiger partial charge on any atom is -0.310 e. The number of nitrogens with zero attached hydrogens (tertiary/aromatic N) is 2. The highest BCUT2D eigenvalue weighted by molar-refractivity contribution is 6.10. The van der Waals surface area contributed by atoms with Crippen molar-refractivity contribution in [3.63, 3.8) is 0 Å². The lowest BCUT2D eigenvalue weighted by Gasteiger charge is -2.28. The van der Waals surface area contributed by atoms with Gasteiger partial charge in [0.15, 0.2) is 0 Å². The number of benzene rings is 9. The molecule has 0 amide bonds. The van der Waals surface area contributed by atoms with Crippen molar-refractivity contribution >= 4 is 60.4 Å². The van der Waals surface area contributed by atoms with Gasteiger partial charge >= 0.3 is 0 Å². The number of hydrogen-bond donors (Lipinski definition) is 0. The highest BCUT2D eigenvalue weighted by atomic mass is 15.1. The Kier molecular flexibility index (Phi) is 7.40. The highest BCUT2D eigenvalue weighted by Crippen LogP contribution is 2.43. The van der Waals surface area contributed by atoms with E-state index in [9.17, 15) is 0 Å². The zero-order chi connectivity index (χ0) is 35.3. The molecule has 1 aromatic heterocycles. The summed E-state index contributed by atoms with van der Waals surface area (Å²) in [6.07, 6.45) is 0. The first kappa shape index (κ1) is 30.9. The Bertz CT molecular complexity index is 2970. The Hall–Kier alpha value is -6.90. The summed E-state index contributed by atoms with van der Waals surface area (Å²) in [6, 6.07) is 73.0. The molecule has 0 unspecified atom stereocenters. The fraction of sp³-hybridized carbons (Fsp3) is 0.0196. The lowest BCUT2D eigenvalue weighted by atomic mass is 9.93. The maximum absolute atomic E-state index is 2.42. The summed E-state index contributed by atoms with van der Waals surface area (Å²) in [6.45, 7) is 2.16. The molecule has 250 valence electrons. The molecular weight excluding hydrogens is 641 g/mol. The van der Waals surface area contributed by atoms with Crippen LogP contribution in [0.3, 0.4) is 0 Å². The van der Waals surface area contributed by atoms with Crippen LogP contribution in [0.5, 0.6) is 0 Å². The van der Waals surface area contributed by atoms with E-state index < -0.39 is 0 Å². The van der Waals surface area contributed by atoms with Crippen molar-refractivity contribution in [3.05, 3.63) is 206 Å². The molecule has 53 heavy (non-hydrogen) atoms. The number of fused-ring (bicyclic) bond motifs is 5. The summed E-state index contributed by atoms with van der Waals surface area (Å²) in [5.41, 5.74) is 13.0. The smallest absolute Gasteiger partial charge is 0.0547 e. The van der Waals surface area contributed by atoms with Crippen molar-refractivity contribution in [2.45, 2.75) is 6.92 Å². The van der Waals surface area contributed by atoms with E-state index in [4.69, 9.17) is 0 Å². The molecule has 2 nitrogen and oxygen atoms in total. The number of hydrogen-bond acceptors (Lipinski definition) is 1.